The maximum Gasteiger partial charge on any atom is 0.294 e. The van der Waals surface area contributed by atoms with E-state index in [1.54, 1.807) is 7.11 Å². The van der Waals surface area contributed by atoms with Gasteiger partial charge in [0.15, 0.2) is 0 Å². The molecular formula is C7H19NO3RfSi3-. The maximum absolute atomic E-state index is 10.9. The molecule has 0 saturated carbocycles. The third kappa shape index (κ3) is 5.70. The van der Waals surface area contributed by atoms with E-state index in [0.717, 1.165) is 13.0 Å². The molecule has 0 aromatic heterocycles. The summed E-state index contributed by atoms with van der Waals surface area (Å²) in [5, 5.41) is 11.4. The summed E-state index contributed by atoms with van der Waals surface area (Å²) in [6.45, 7) is 4.98. The molecule has 0 saturated heterocycles. The third-order valence-corrected chi connectivity index (χ3v) is 20.4. The van der Waals surface area contributed by atoms with Gasteiger partial charge in [-0.3, -0.25) is 5.32 Å². The van der Waals surface area contributed by atoms with E-state index in [0.29, 0.717) is 0 Å². The maximum atomic E-state index is 10.9. The number of rotatable bonds is 8. The summed E-state index contributed by atoms with van der Waals surface area (Å²) in [4.78, 5) is 0. The van der Waals surface area contributed by atoms with Crippen LogP contribution in [0.1, 0.15) is 6.42 Å². The second-order valence-electron chi connectivity index (χ2n) is 3.38. The van der Waals surface area contributed by atoms with Crippen molar-refractivity contribution in [1.29, 1.82) is 0 Å². The molecule has 15 heavy (non-hydrogen) atoms. The van der Waals surface area contributed by atoms with Crippen LogP contribution in [0.4, 0.5) is 0 Å². The predicted molar refractivity (Wildman–Crippen MR) is 62.1 cm³/mol. The van der Waals surface area contributed by atoms with Crippen LogP contribution in [-0.2, 0) is 8.89 Å². The Morgan fingerprint density at radius 1 is 1.67 bits per heavy atom. The molecule has 0 bridgehead atoms. The fourth-order valence-corrected chi connectivity index (χ4v) is 10.5. The number of aliphatic hydroxyl groups excluding tert-OH is 1. The molecule has 4 nitrogen and oxygen atoms in total. The normalized spacial score (nSPS) is 16.3. The van der Waals surface area contributed by atoms with Crippen LogP contribution in [0, 0.1) is 6.04 Å². The van der Waals surface area contributed by atoms with Crippen molar-refractivity contribution in [2.45, 2.75) is 19.5 Å². The van der Waals surface area contributed by atoms with E-state index in [-0.39, 0.29) is 15.7 Å². The minimum absolute atomic E-state index is 0. The van der Waals surface area contributed by atoms with Gasteiger partial charge in [0.05, 0.1) is 14.6 Å². The SMILES string of the molecule is CO[Si](C)([CH-]CCNCO)[SiH](C)[Si]=O.[Rf]. The Morgan fingerprint density at radius 2 is 2.27 bits per heavy atom. The van der Waals surface area contributed by atoms with Crippen molar-refractivity contribution < 1.29 is 14.0 Å². The molecule has 0 aromatic rings. The summed E-state index contributed by atoms with van der Waals surface area (Å²) in [5.74, 6) is 0. The molecule has 0 spiro atoms. The Hall–Kier alpha value is -0.669. The summed E-state index contributed by atoms with van der Waals surface area (Å²) < 4.78 is 16.4. The quantitative estimate of drug-likeness (QED) is 0.195. The van der Waals surface area contributed by atoms with Gasteiger partial charge >= 0.3 is 0 Å². The number of aliphatic hydroxyl groups is 1. The molecule has 8 heteroatoms. The summed E-state index contributed by atoms with van der Waals surface area (Å²) in [6.07, 6.45) is 0.874. The molecular weight excluding hydrogens is 497 g/mol. The fraction of sp³-hybridized carbons (Fsp3) is 0.857. The first-order valence-corrected chi connectivity index (χ1v) is 12.9. The molecule has 1 radical (unpaired) electrons. The fourth-order valence-electron chi connectivity index (χ4n) is 1.09. The van der Waals surface area contributed by atoms with E-state index in [1.807, 2.05) is 0 Å². The van der Waals surface area contributed by atoms with E-state index in [1.165, 1.54) is 0 Å². The van der Waals surface area contributed by atoms with Gasteiger partial charge in [0.25, 0.3) is 8.92 Å². The van der Waals surface area contributed by atoms with E-state index in [2.05, 4.69) is 24.5 Å². The molecule has 2 N–H and O–H groups in total. The van der Waals surface area contributed by atoms with Crippen molar-refractivity contribution >= 4 is 24.6 Å². The van der Waals surface area contributed by atoms with Crippen LogP contribution in [0.5, 0.6) is 0 Å². The molecule has 0 fully saturated rings. The van der Waals surface area contributed by atoms with Crippen LogP contribution in [0.3, 0.4) is 0 Å². The Bertz CT molecular complexity index is 178. The van der Waals surface area contributed by atoms with Gasteiger partial charge < -0.3 is 20.0 Å². The van der Waals surface area contributed by atoms with Crippen molar-refractivity contribution in [2.75, 3.05) is 20.4 Å². The van der Waals surface area contributed by atoms with Crippen molar-refractivity contribution in [3.05, 3.63) is 6.04 Å². The molecule has 2 atom stereocenters. The second-order valence-corrected chi connectivity index (χ2v) is 19.3. The zero-order valence-electron chi connectivity index (χ0n) is 9.75. The molecule has 0 aliphatic carbocycles. The van der Waals surface area contributed by atoms with Gasteiger partial charge in [-0.25, -0.2) is 0 Å². The number of hydrogen-bond donors (Lipinski definition) is 2. The topological polar surface area (TPSA) is 58.6 Å². The zero-order valence-corrected chi connectivity index (χ0v) is 19.3. The van der Waals surface area contributed by atoms with Crippen LogP contribution in [0.25, 0.3) is 0 Å². The number of nitrogens with one attached hydrogen (secondary N) is 1. The smallest absolute Gasteiger partial charge is 0.294 e. The summed E-state index contributed by atoms with van der Waals surface area (Å²) in [7, 11) is -1.46. The van der Waals surface area contributed by atoms with Crippen LogP contribution in [0.2, 0.25) is 13.1 Å². The molecule has 2 unspecified atom stereocenters. The van der Waals surface area contributed by atoms with Crippen molar-refractivity contribution in [2.24, 2.45) is 0 Å². The molecule has 0 rings (SSSR count). The Balaban J connectivity index is 0. The minimum Gasteiger partial charge on any atom is -0.455 e. The largest absolute Gasteiger partial charge is 0.455 e. The molecule has 0 aromatic carbocycles. The molecule has 0 heterocycles. The van der Waals surface area contributed by atoms with E-state index in [4.69, 9.17) is 9.53 Å². The molecule has 0 aliphatic heterocycles. The van der Waals surface area contributed by atoms with Crippen LogP contribution < -0.4 is 5.32 Å². The van der Waals surface area contributed by atoms with Gasteiger partial charge in [0.2, 0.25) is 0 Å². The van der Waals surface area contributed by atoms with Crippen molar-refractivity contribution in [1.82, 2.24) is 5.32 Å². The Morgan fingerprint density at radius 3 is 2.67 bits per heavy atom. The van der Waals surface area contributed by atoms with Crippen LogP contribution >= 0.6 is 0 Å². The second kappa shape index (κ2) is 8.62. The molecule has 0 amide bonds. The number of hydrogen-bond acceptors (Lipinski definition) is 4. The van der Waals surface area contributed by atoms with Crippen LogP contribution in [0.15, 0.2) is 0 Å². The van der Waals surface area contributed by atoms with Gasteiger partial charge in [-0.2, -0.15) is 6.42 Å². The first-order valence-electron chi connectivity index (χ1n) is 4.69. The summed E-state index contributed by atoms with van der Waals surface area (Å²) >= 11 is 0. The minimum atomic E-state index is -1.78. The van der Waals surface area contributed by atoms with Gasteiger partial charge in [-0.15, -0.1) is 0 Å². The van der Waals surface area contributed by atoms with Crippen molar-refractivity contribution in [3.63, 3.8) is 0 Å². The molecule has 0 aliphatic rings. The van der Waals surface area contributed by atoms with Gasteiger partial charge in [-0.05, 0) is 6.54 Å². The van der Waals surface area contributed by atoms with E-state index >= 15 is 0 Å². The van der Waals surface area contributed by atoms with E-state index < -0.39 is 15.7 Å². The standard InChI is InChI=1S/C7H19NO3Si3.Rf/c1-11-14(3,13(2)12-10)6-4-5-8-7-9;/h6,8-9,13H,4-5,7H2,1-3H3;/q-1;. The van der Waals surface area contributed by atoms with Gasteiger partial charge in [-0.1, -0.05) is 13.1 Å². The van der Waals surface area contributed by atoms with Gasteiger partial charge in [0, 0.05) is 14.9 Å². The summed E-state index contributed by atoms with van der Waals surface area (Å²) in [5.41, 5.74) is 0. The predicted octanol–water partition coefficient (Wildman–Crippen LogP) is -0.637. The first-order chi connectivity index (χ1) is 6.60. The Kier molecular flexibility index (Phi) is 9.63. The monoisotopic (exact) mass is 516 g/mol. The third-order valence-electron chi connectivity index (χ3n) is 2.46. The Labute approximate surface area is 90.2 Å². The van der Waals surface area contributed by atoms with Crippen LogP contribution in [-0.4, -0.2) is 50.1 Å². The first kappa shape index (κ1) is 16.7. The summed E-state index contributed by atoms with van der Waals surface area (Å²) in [6, 6.07) is 2.19. The zero-order chi connectivity index (χ0) is 11.0. The van der Waals surface area contributed by atoms with Crippen molar-refractivity contribution in [3.8, 4) is 0 Å². The van der Waals surface area contributed by atoms with E-state index in [9.17, 15) is 4.46 Å². The van der Waals surface area contributed by atoms with Gasteiger partial charge in [0.1, 0.15) is 0 Å². The average Bonchev–Trinajstić information content (AvgIpc) is 2.22. The average molecular weight is 516 g/mol. The molecule has 85 valence electrons.